The molecule has 3 heterocycles. The fraction of sp³-hybridized carbons (Fsp3) is 0.500. The summed E-state index contributed by atoms with van der Waals surface area (Å²) in [6.07, 6.45) is 3.98. The molecule has 0 bridgehead atoms. The van der Waals surface area contributed by atoms with Crippen molar-refractivity contribution in [2.24, 2.45) is 5.92 Å². The van der Waals surface area contributed by atoms with Crippen molar-refractivity contribution in [3.8, 4) is 0 Å². The first kappa shape index (κ1) is 17.7. The van der Waals surface area contributed by atoms with Gasteiger partial charge in [-0.05, 0) is 64.4 Å². The van der Waals surface area contributed by atoms with Crippen LogP contribution in [0, 0.1) is 19.8 Å². The zero-order valence-corrected chi connectivity index (χ0v) is 15.5. The number of carbonyl (C=O) groups is 1. The van der Waals surface area contributed by atoms with Gasteiger partial charge in [0.1, 0.15) is 0 Å². The fourth-order valence-electron chi connectivity index (χ4n) is 3.71. The fourth-order valence-corrected chi connectivity index (χ4v) is 3.71. The number of carbonyl (C=O) groups excluding carboxylic acids is 1. The molecule has 1 aliphatic rings. The van der Waals surface area contributed by atoms with Crippen LogP contribution in [0.15, 0.2) is 30.5 Å². The van der Waals surface area contributed by atoms with E-state index in [2.05, 4.69) is 21.8 Å². The van der Waals surface area contributed by atoms with E-state index in [-0.39, 0.29) is 5.91 Å². The molecule has 3 rings (SSSR count). The van der Waals surface area contributed by atoms with Crippen LogP contribution in [0.1, 0.15) is 40.3 Å². The normalized spacial score (nSPS) is 15.6. The molecule has 0 atom stereocenters. The predicted octanol–water partition coefficient (Wildman–Crippen LogP) is 2.62. The van der Waals surface area contributed by atoms with E-state index in [9.17, 15) is 4.79 Å². The lowest BCUT2D eigenvalue weighted by Crippen LogP contribution is -2.40. The zero-order valence-electron chi connectivity index (χ0n) is 15.5. The summed E-state index contributed by atoms with van der Waals surface area (Å²) >= 11 is 0. The molecule has 2 aromatic heterocycles. The van der Waals surface area contributed by atoms with Gasteiger partial charge in [0, 0.05) is 30.7 Å². The lowest BCUT2D eigenvalue weighted by Gasteiger charge is -2.32. The van der Waals surface area contributed by atoms with Crippen molar-refractivity contribution in [3.05, 3.63) is 53.1 Å². The summed E-state index contributed by atoms with van der Waals surface area (Å²) in [6, 6.07) is 7.97. The quantitative estimate of drug-likeness (QED) is 0.910. The number of amides is 1. The van der Waals surface area contributed by atoms with Gasteiger partial charge >= 0.3 is 0 Å². The average Bonchev–Trinajstić information content (AvgIpc) is 2.91. The second kappa shape index (κ2) is 7.83. The topological polar surface area (TPSA) is 50.2 Å². The first-order valence-electron chi connectivity index (χ1n) is 9.10. The number of hydrogen-bond donors (Lipinski definition) is 1. The summed E-state index contributed by atoms with van der Waals surface area (Å²) < 4.78 is 2.18. The highest BCUT2D eigenvalue weighted by atomic mass is 16.2. The van der Waals surface area contributed by atoms with E-state index in [0.29, 0.717) is 12.5 Å². The Balaban J connectivity index is 1.73. The van der Waals surface area contributed by atoms with Gasteiger partial charge in [-0.2, -0.15) is 0 Å². The van der Waals surface area contributed by atoms with Crippen LogP contribution in [-0.4, -0.2) is 47.0 Å². The van der Waals surface area contributed by atoms with Gasteiger partial charge in [0.15, 0.2) is 0 Å². The summed E-state index contributed by atoms with van der Waals surface area (Å²) in [5, 5.41) is 3.24. The second-order valence-corrected chi connectivity index (χ2v) is 6.99. The Bertz CT molecular complexity index is 715. The lowest BCUT2D eigenvalue weighted by molar-refractivity contribution is 0.0690. The van der Waals surface area contributed by atoms with Crippen molar-refractivity contribution in [1.82, 2.24) is 19.8 Å². The maximum Gasteiger partial charge on any atom is 0.255 e. The number of rotatable bonds is 5. The number of piperidine rings is 1. The molecule has 5 nitrogen and oxygen atoms in total. The van der Waals surface area contributed by atoms with Crippen molar-refractivity contribution >= 4 is 5.91 Å². The summed E-state index contributed by atoms with van der Waals surface area (Å²) in [7, 11) is 1.99. The van der Waals surface area contributed by atoms with Crippen LogP contribution >= 0.6 is 0 Å². The Kier molecular flexibility index (Phi) is 5.53. The van der Waals surface area contributed by atoms with E-state index in [4.69, 9.17) is 0 Å². The van der Waals surface area contributed by atoms with Crippen LogP contribution in [0.2, 0.25) is 0 Å². The molecule has 0 radical (unpaired) electrons. The van der Waals surface area contributed by atoms with Crippen LogP contribution in [0.4, 0.5) is 0 Å². The van der Waals surface area contributed by atoms with Gasteiger partial charge in [-0.25, -0.2) is 0 Å². The summed E-state index contributed by atoms with van der Waals surface area (Å²) in [5.41, 5.74) is 3.98. The molecule has 0 spiro atoms. The largest absolute Gasteiger partial charge is 0.342 e. The van der Waals surface area contributed by atoms with Gasteiger partial charge in [-0.3, -0.25) is 9.78 Å². The van der Waals surface area contributed by atoms with E-state index < -0.39 is 0 Å². The molecule has 134 valence electrons. The van der Waals surface area contributed by atoms with Crippen molar-refractivity contribution in [2.45, 2.75) is 33.2 Å². The van der Waals surface area contributed by atoms with Crippen LogP contribution < -0.4 is 5.32 Å². The summed E-state index contributed by atoms with van der Waals surface area (Å²) in [6.45, 7) is 7.56. The van der Waals surface area contributed by atoms with Gasteiger partial charge in [-0.15, -0.1) is 0 Å². The molecule has 1 N–H and O–H groups in total. The molecule has 0 aliphatic carbocycles. The number of aryl methyl sites for hydroxylation is 1. The van der Waals surface area contributed by atoms with Gasteiger partial charge in [0.05, 0.1) is 17.8 Å². The molecule has 1 aliphatic heterocycles. The number of likely N-dealkylation sites (tertiary alicyclic amines) is 1. The number of nitrogens with one attached hydrogen (secondary N) is 1. The minimum atomic E-state index is 0.170. The zero-order chi connectivity index (χ0) is 17.8. The number of hydrogen-bond acceptors (Lipinski definition) is 3. The number of nitrogens with zero attached hydrogens (tertiary/aromatic N) is 3. The third-order valence-electron chi connectivity index (χ3n) is 5.24. The van der Waals surface area contributed by atoms with Crippen molar-refractivity contribution in [3.63, 3.8) is 0 Å². The van der Waals surface area contributed by atoms with Gasteiger partial charge < -0.3 is 14.8 Å². The van der Waals surface area contributed by atoms with E-state index in [0.717, 1.165) is 55.1 Å². The van der Waals surface area contributed by atoms with Crippen molar-refractivity contribution < 1.29 is 4.79 Å². The molecular formula is C20H28N4O. The molecule has 1 amide bonds. The molecule has 25 heavy (non-hydrogen) atoms. The summed E-state index contributed by atoms with van der Waals surface area (Å²) in [5.74, 6) is 0.855. The standard InChI is InChI=1S/C20H28N4O/c1-15-12-19(16(2)24(15)14-18-6-4-5-9-22-18)20(25)23-10-7-17(8-11-23)13-21-3/h4-6,9,12,17,21H,7-8,10-11,13-14H2,1-3H3. The molecule has 5 heteroatoms. The minimum absolute atomic E-state index is 0.170. The Hall–Kier alpha value is -2.14. The van der Waals surface area contributed by atoms with E-state index in [1.165, 1.54) is 0 Å². The van der Waals surface area contributed by atoms with Crippen LogP contribution in [-0.2, 0) is 6.54 Å². The van der Waals surface area contributed by atoms with E-state index in [1.807, 2.05) is 49.3 Å². The molecule has 2 aromatic rings. The van der Waals surface area contributed by atoms with Gasteiger partial charge in [0.25, 0.3) is 5.91 Å². The monoisotopic (exact) mass is 340 g/mol. The van der Waals surface area contributed by atoms with Crippen LogP contribution in [0.25, 0.3) is 0 Å². The first-order valence-corrected chi connectivity index (χ1v) is 9.10. The van der Waals surface area contributed by atoms with E-state index in [1.54, 1.807) is 0 Å². The molecule has 1 fully saturated rings. The highest BCUT2D eigenvalue weighted by molar-refractivity contribution is 5.95. The maximum absolute atomic E-state index is 13.0. The average molecular weight is 340 g/mol. The molecule has 1 saturated heterocycles. The predicted molar refractivity (Wildman–Crippen MR) is 99.8 cm³/mol. The Morgan fingerprint density at radius 3 is 2.68 bits per heavy atom. The number of aromatic nitrogens is 2. The minimum Gasteiger partial charge on any atom is -0.342 e. The highest BCUT2D eigenvalue weighted by Crippen LogP contribution is 2.22. The molecule has 0 aromatic carbocycles. The van der Waals surface area contributed by atoms with Gasteiger partial charge in [-0.1, -0.05) is 6.07 Å². The van der Waals surface area contributed by atoms with Gasteiger partial charge in [0.2, 0.25) is 0 Å². The second-order valence-electron chi connectivity index (χ2n) is 6.99. The lowest BCUT2D eigenvalue weighted by atomic mass is 9.96. The van der Waals surface area contributed by atoms with Crippen LogP contribution in [0.5, 0.6) is 0 Å². The maximum atomic E-state index is 13.0. The van der Waals surface area contributed by atoms with Crippen LogP contribution in [0.3, 0.4) is 0 Å². The smallest absolute Gasteiger partial charge is 0.255 e. The SMILES string of the molecule is CNCC1CCN(C(=O)c2cc(C)n(Cc3ccccn3)c2C)CC1. The molecular weight excluding hydrogens is 312 g/mol. The summed E-state index contributed by atoms with van der Waals surface area (Å²) in [4.78, 5) is 19.4. The molecule has 0 unspecified atom stereocenters. The Morgan fingerprint density at radius 1 is 1.28 bits per heavy atom. The first-order chi connectivity index (χ1) is 12.1. The number of pyridine rings is 1. The third kappa shape index (κ3) is 3.93. The van der Waals surface area contributed by atoms with Crippen molar-refractivity contribution in [2.75, 3.05) is 26.7 Å². The highest BCUT2D eigenvalue weighted by Gasteiger charge is 2.25. The molecule has 0 saturated carbocycles. The Labute approximate surface area is 150 Å². The van der Waals surface area contributed by atoms with Crippen molar-refractivity contribution in [1.29, 1.82) is 0 Å². The third-order valence-corrected chi connectivity index (χ3v) is 5.24. The Morgan fingerprint density at radius 2 is 2.04 bits per heavy atom. The van der Waals surface area contributed by atoms with E-state index >= 15 is 0 Å².